The molecule has 1 saturated heterocycles. The molecule has 1 rings (SSSR count). The van der Waals surface area contributed by atoms with Gasteiger partial charge in [-0.3, -0.25) is 4.90 Å². The van der Waals surface area contributed by atoms with Crippen molar-refractivity contribution < 1.29 is 23.0 Å². The molecule has 0 aliphatic carbocycles. The number of hydrogen-bond acceptors (Lipinski definition) is 3. The summed E-state index contributed by atoms with van der Waals surface area (Å²) in [6, 6.07) is 0. The van der Waals surface area contributed by atoms with Crippen molar-refractivity contribution in [3.8, 4) is 0 Å². The van der Waals surface area contributed by atoms with Crippen LogP contribution in [0.5, 0.6) is 0 Å². The fraction of sp³-hybridized carbons (Fsp3) is 1.00. The summed E-state index contributed by atoms with van der Waals surface area (Å²) in [5.74, 6) is -0.217. The summed E-state index contributed by atoms with van der Waals surface area (Å²) in [5.41, 5.74) is 0. The minimum atomic E-state index is -4.19. The third-order valence-corrected chi connectivity index (χ3v) is 2.43. The third kappa shape index (κ3) is 4.81. The molecule has 2 unspecified atom stereocenters. The van der Waals surface area contributed by atoms with Gasteiger partial charge in [-0.25, -0.2) is 0 Å². The molecule has 0 amide bonds. The van der Waals surface area contributed by atoms with Gasteiger partial charge in [0.25, 0.3) is 0 Å². The van der Waals surface area contributed by atoms with Crippen LogP contribution >= 0.6 is 0 Å². The van der Waals surface area contributed by atoms with Crippen molar-refractivity contribution in [1.29, 1.82) is 0 Å². The Balaban J connectivity index is 2.33. The van der Waals surface area contributed by atoms with Crippen molar-refractivity contribution in [2.45, 2.75) is 18.7 Å². The van der Waals surface area contributed by atoms with Crippen molar-refractivity contribution in [2.24, 2.45) is 5.92 Å². The maximum atomic E-state index is 12.0. The van der Waals surface area contributed by atoms with Gasteiger partial charge in [0, 0.05) is 19.1 Å². The zero-order chi connectivity index (χ0) is 11.5. The lowest BCUT2D eigenvalue weighted by molar-refractivity contribution is -0.147. The van der Waals surface area contributed by atoms with Crippen LogP contribution in [0.15, 0.2) is 0 Å². The van der Waals surface area contributed by atoms with Crippen LogP contribution in [0.25, 0.3) is 0 Å². The average Bonchev–Trinajstić information content (AvgIpc) is 2.05. The summed E-state index contributed by atoms with van der Waals surface area (Å²) >= 11 is 0. The molecule has 3 nitrogen and oxygen atoms in total. The fourth-order valence-electron chi connectivity index (χ4n) is 1.73. The van der Waals surface area contributed by atoms with Gasteiger partial charge >= 0.3 is 6.18 Å². The number of rotatable bonds is 3. The normalized spacial score (nSPS) is 28.4. The number of nitrogens with zero attached hydrogens (tertiary/aromatic N) is 1. The van der Waals surface area contributed by atoms with Gasteiger partial charge in [0.1, 0.15) is 0 Å². The van der Waals surface area contributed by atoms with E-state index >= 15 is 0 Å². The molecule has 0 saturated carbocycles. The van der Waals surface area contributed by atoms with E-state index in [-0.39, 0.29) is 12.5 Å². The summed E-state index contributed by atoms with van der Waals surface area (Å²) < 4.78 is 41.2. The van der Waals surface area contributed by atoms with Crippen molar-refractivity contribution in [2.75, 3.05) is 33.4 Å². The zero-order valence-corrected chi connectivity index (χ0v) is 8.63. The summed E-state index contributed by atoms with van der Waals surface area (Å²) in [4.78, 5) is 1.17. The molecule has 1 aliphatic heterocycles. The smallest absolute Gasteiger partial charge is 0.393 e. The number of alkyl halides is 3. The number of ether oxygens (including phenoxy) is 1. The largest absolute Gasteiger partial charge is 0.401 e. The molecule has 0 aromatic rings. The van der Waals surface area contributed by atoms with Crippen LogP contribution in [0.4, 0.5) is 13.2 Å². The molecule has 6 heteroatoms. The highest BCUT2D eigenvalue weighted by Crippen LogP contribution is 2.19. The van der Waals surface area contributed by atoms with E-state index in [0.29, 0.717) is 19.6 Å². The van der Waals surface area contributed by atoms with E-state index in [1.165, 1.54) is 11.9 Å². The van der Waals surface area contributed by atoms with Crippen LogP contribution in [0.3, 0.4) is 0 Å². The van der Waals surface area contributed by atoms with Crippen LogP contribution < -0.4 is 0 Å². The lowest BCUT2D eigenvalue weighted by Gasteiger charge is -2.31. The van der Waals surface area contributed by atoms with Crippen molar-refractivity contribution in [1.82, 2.24) is 4.90 Å². The quantitative estimate of drug-likeness (QED) is 0.776. The SMILES string of the molecule is CN(CC1COCCC1O)CC(F)(F)F. The lowest BCUT2D eigenvalue weighted by atomic mass is 9.98. The predicted octanol–water partition coefficient (Wildman–Crippen LogP) is 0.878. The van der Waals surface area contributed by atoms with E-state index in [2.05, 4.69) is 0 Å². The van der Waals surface area contributed by atoms with Gasteiger partial charge < -0.3 is 9.84 Å². The maximum Gasteiger partial charge on any atom is 0.401 e. The lowest BCUT2D eigenvalue weighted by Crippen LogP contribution is -2.42. The molecule has 0 spiro atoms. The molecular formula is C9H16F3NO2. The number of hydrogen-bond donors (Lipinski definition) is 1. The summed E-state index contributed by atoms with van der Waals surface area (Å²) in [7, 11) is 1.40. The topological polar surface area (TPSA) is 32.7 Å². The molecule has 1 aliphatic rings. The number of halogens is 3. The first kappa shape index (κ1) is 12.7. The molecular weight excluding hydrogens is 211 g/mol. The molecule has 0 aromatic heterocycles. The molecule has 1 heterocycles. The molecule has 0 bridgehead atoms. The van der Waals surface area contributed by atoms with Crippen LogP contribution in [-0.4, -0.2) is 55.6 Å². The fourth-order valence-corrected chi connectivity index (χ4v) is 1.73. The van der Waals surface area contributed by atoms with Gasteiger partial charge in [-0.05, 0) is 13.5 Å². The molecule has 1 N–H and O–H groups in total. The van der Waals surface area contributed by atoms with E-state index in [1.807, 2.05) is 0 Å². The predicted molar refractivity (Wildman–Crippen MR) is 48.5 cm³/mol. The zero-order valence-electron chi connectivity index (χ0n) is 8.63. The Labute approximate surface area is 86.8 Å². The van der Waals surface area contributed by atoms with E-state index in [4.69, 9.17) is 4.74 Å². The van der Waals surface area contributed by atoms with Gasteiger partial charge in [0.05, 0.1) is 19.3 Å². The van der Waals surface area contributed by atoms with Gasteiger partial charge in [-0.15, -0.1) is 0 Å². The van der Waals surface area contributed by atoms with E-state index in [9.17, 15) is 18.3 Å². The molecule has 15 heavy (non-hydrogen) atoms. The first-order chi connectivity index (χ1) is 6.88. The molecule has 90 valence electrons. The van der Waals surface area contributed by atoms with Crippen LogP contribution in [0.2, 0.25) is 0 Å². The van der Waals surface area contributed by atoms with Crippen LogP contribution in [-0.2, 0) is 4.74 Å². The molecule has 0 radical (unpaired) electrons. The minimum Gasteiger partial charge on any atom is -0.393 e. The van der Waals surface area contributed by atoms with E-state index in [0.717, 1.165) is 0 Å². The van der Waals surface area contributed by atoms with Crippen molar-refractivity contribution in [3.05, 3.63) is 0 Å². The van der Waals surface area contributed by atoms with Gasteiger partial charge in [-0.1, -0.05) is 0 Å². The Morgan fingerprint density at radius 3 is 2.67 bits per heavy atom. The molecule has 0 aromatic carbocycles. The molecule has 1 fully saturated rings. The number of aliphatic hydroxyl groups is 1. The van der Waals surface area contributed by atoms with Crippen LogP contribution in [0.1, 0.15) is 6.42 Å². The van der Waals surface area contributed by atoms with Gasteiger partial charge in [0.15, 0.2) is 0 Å². The maximum absolute atomic E-state index is 12.0. The highest BCUT2D eigenvalue weighted by Gasteiger charge is 2.32. The minimum absolute atomic E-state index is 0.209. The monoisotopic (exact) mass is 227 g/mol. The Hall–Kier alpha value is -0.330. The standard InChI is InChI=1S/C9H16F3NO2/c1-13(6-9(10,11)12)4-7-5-15-3-2-8(7)14/h7-8,14H,2-6H2,1H3. The summed E-state index contributed by atoms with van der Waals surface area (Å²) in [6.07, 6.45) is -4.23. The van der Waals surface area contributed by atoms with Crippen LogP contribution in [0, 0.1) is 5.92 Å². The highest BCUT2D eigenvalue weighted by molar-refractivity contribution is 4.75. The summed E-state index contributed by atoms with van der Waals surface area (Å²) in [6.45, 7) is 0.0842. The Morgan fingerprint density at radius 2 is 2.13 bits per heavy atom. The Morgan fingerprint density at radius 1 is 1.47 bits per heavy atom. The second-order valence-electron chi connectivity index (χ2n) is 4.00. The first-order valence-electron chi connectivity index (χ1n) is 4.89. The number of aliphatic hydroxyl groups excluding tert-OH is 1. The Bertz CT molecular complexity index is 198. The molecule has 2 atom stereocenters. The van der Waals surface area contributed by atoms with Crippen molar-refractivity contribution in [3.63, 3.8) is 0 Å². The highest BCUT2D eigenvalue weighted by atomic mass is 19.4. The van der Waals surface area contributed by atoms with E-state index in [1.54, 1.807) is 0 Å². The first-order valence-corrected chi connectivity index (χ1v) is 4.89. The third-order valence-electron chi connectivity index (χ3n) is 2.43. The average molecular weight is 227 g/mol. The van der Waals surface area contributed by atoms with Gasteiger partial charge in [-0.2, -0.15) is 13.2 Å². The van der Waals surface area contributed by atoms with E-state index < -0.39 is 18.8 Å². The van der Waals surface area contributed by atoms with Crippen molar-refractivity contribution >= 4 is 0 Å². The Kier molecular flexibility index (Phi) is 4.36. The summed E-state index contributed by atoms with van der Waals surface area (Å²) in [5, 5.41) is 9.53. The second-order valence-corrected chi connectivity index (χ2v) is 4.00. The second kappa shape index (κ2) is 5.14. The van der Waals surface area contributed by atoms with Gasteiger partial charge in [0.2, 0.25) is 0 Å².